The average molecular weight is 449 g/mol. The molecule has 0 saturated heterocycles. The van der Waals surface area contributed by atoms with E-state index < -0.39 is 0 Å². The molecule has 1 amide bonds. The molecular formula is C29H28N4O. The summed E-state index contributed by atoms with van der Waals surface area (Å²) in [7, 11) is 0. The van der Waals surface area contributed by atoms with E-state index >= 15 is 0 Å². The Labute approximate surface area is 200 Å². The van der Waals surface area contributed by atoms with E-state index in [4.69, 9.17) is 4.98 Å². The van der Waals surface area contributed by atoms with Gasteiger partial charge in [0.05, 0.1) is 22.5 Å². The second kappa shape index (κ2) is 9.96. The fraction of sp³-hybridized carbons (Fsp3) is 0.241. The van der Waals surface area contributed by atoms with Crippen LogP contribution in [0, 0.1) is 0 Å². The van der Waals surface area contributed by atoms with Crippen molar-refractivity contribution in [2.75, 3.05) is 0 Å². The summed E-state index contributed by atoms with van der Waals surface area (Å²) in [6.45, 7) is 1.92. The molecule has 5 rings (SSSR count). The van der Waals surface area contributed by atoms with Crippen LogP contribution in [0.2, 0.25) is 0 Å². The standard InChI is InChI=1S/C29H28N4O/c1-20(21-11-13-23(14-12-21)22-7-3-2-4-8-22)32-33-29(34)26-19-28(24-15-17-30-18-16-24)31-27-10-6-5-9-25(26)27/h5-6,9-19,22H,2-4,7-8H2,1H3,(H,33,34). The summed E-state index contributed by atoms with van der Waals surface area (Å²) in [5.74, 6) is 0.418. The van der Waals surface area contributed by atoms with Gasteiger partial charge in [0.2, 0.25) is 0 Å². The van der Waals surface area contributed by atoms with Crippen LogP contribution in [0.25, 0.3) is 22.2 Å². The Balaban J connectivity index is 1.38. The lowest BCUT2D eigenvalue weighted by Gasteiger charge is -2.22. The molecule has 1 N–H and O–H groups in total. The van der Waals surface area contributed by atoms with E-state index in [2.05, 4.69) is 39.8 Å². The molecule has 0 atom stereocenters. The topological polar surface area (TPSA) is 67.2 Å². The number of aromatic nitrogens is 2. The van der Waals surface area contributed by atoms with Crippen LogP contribution in [-0.4, -0.2) is 21.6 Å². The highest BCUT2D eigenvalue weighted by molar-refractivity contribution is 6.08. The second-order valence-electron chi connectivity index (χ2n) is 8.90. The van der Waals surface area contributed by atoms with Crippen molar-refractivity contribution in [2.45, 2.75) is 44.9 Å². The zero-order chi connectivity index (χ0) is 23.3. The number of benzene rings is 2. The number of pyridine rings is 2. The first-order valence-corrected chi connectivity index (χ1v) is 11.9. The molecule has 34 heavy (non-hydrogen) atoms. The SMILES string of the molecule is CC(=NNC(=O)c1cc(-c2ccncc2)nc2ccccc12)c1ccc(C2CCCCC2)cc1. The molecule has 0 radical (unpaired) electrons. The van der Waals surface area contributed by atoms with Crippen LogP contribution >= 0.6 is 0 Å². The molecule has 2 aromatic carbocycles. The molecule has 5 nitrogen and oxygen atoms in total. The lowest BCUT2D eigenvalue weighted by molar-refractivity contribution is 0.0956. The Morgan fingerprint density at radius 3 is 2.44 bits per heavy atom. The van der Waals surface area contributed by atoms with E-state index in [1.54, 1.807) is 12.4 Å². The van der Waals surface area contributed by atoms with Gasteiger partial charge in [-0.2, -0.15) is 5.10 Å². The quantitative estimate of drug-likeness (QED) is 0.280. The Morgan fingerprint density at radius 1 is 0.941 bits per heavy atom. The van der Waals surface area contributed by atoms with Crippen molar-refractivity contribution < 1.29 is 4.79 Å². The van der Waals surface area contributed by atoms with Crippen molar-refractivity contribution in [1.82, 2.24) is 15.4 Å². The number of carbonyl (C=O) groups excluding carboxylic acids is 1. The number of nitrogens with one attached hydrogen (secondary N) is 1. The first-order valence-electron chi connectivity index (χ1n) is 11.9. The fourth-order valence-electron chi connectivity index (χ4n) is 4.73. The smallest absolute Gasteiger partial charge is 0.267 e. The normalized spacial score (nSPS) is 14.8. The largest absolute Gasteiger partial charge is 0.272 e. The van der Waals surface area contributed by atoms with Crippen LogP contribution < -0.4 is 5.43 Å². The van der Waals surface area contributed by atoms with Crippen molar-refractivity contribution in [3.05, 3.63) is 95.8 Å². The van der Waals surface area contributed by atoms with Crippen molar-refractivity contribution >= 4 is 22.5 Å². The molecule has 0 unspecified atom stereocenters. The van der Waals surface area contributed by atoms with Crippen molar-refractivity contribution in [2.24, 2.45) is 5.10 Å². The third kappa shape index (κ3) is 4.74. The molecule has 0 aliphatic heterocycles. The van der Waals surface area contributed by atoms with Gasteiger partial charge in [-0.05, 0) is 61.1 Å². The minimum Gasteiger partial charge on any atom is -0.267 e. The number of hydrogen-bond acceptors (Lipinski definition) is 4. The van der Waals surface area contributed by atoms with Gasteiger partial charge in [0.25, 0.3) is 5.91 Å². The second-order valence-corrected chi connectivity index (χ2v) is 8.90. The number of rotatable bonds is 5. The maximum Gasteiger partial charge on any atom is 0.272 e. The molecule has 1 aliphatic rings. The molecule has 1 aliphatic carbocycles. The fourth-order valence-corrected chi connectivity index (χ4v) is 4.73. The summed E-state index contributed by atoms with van der Waals surface area (Å²) in [6, 6.07) is 21.9. The predicted octanol–water partition coefficient (Wildman–Crippen LogP) is 6.50. The Morgan fingerprint density at radius 2 is 1.68 bits per heavy atom. The van der Waals surface area contributed by atoms with E-state index in [-0.39, 0.29) is 5.91 Å². The van der Waals surface area contributed by atoms with Crippen LogP contribution in [0.15, 0.2) is 84.2 Å². The lowest BCUT2D eigenvalue weighted by Crippen LogP contribution is -2.20. The molecule has 5 heteroatoms. The highest BCUT2D eigenvalue weighted by atomic mass is 16.2. The Kier molecular flexibility index (Phi) is 6.43. The Hall–Kier alpha value is -3.86. The van der Waals surface area contributed by atoms with Crippen LogP contribution in [0.4, 0.5) is 0 Å². The van der Waals surface area contributed by atoms with Gasteiger partial charge in [-0.25, -0.2) is 10.4 Å². The van der Waals surface area contributed by atoms with Crippen LogP contribution in [0.5, 0.6) is 0 Å². The maximum atomic E-state index is 13.2. The minimum atomic E-state index is -0.257. The zero-order valence-corrected chi connectivity index (χ0v) is 19.4. The van der Waals surface area contributed by atoms with E-state index in [9.17, 15) is 4.79 Å². The molecule has 2 heterocycles. The monoisotopic (exact) mass is 448 g/mol. The van der Waals surface area contributed by atoms with Crippen molar-refractivity contribution in [3.8, 4) is 11.3 Å². The summed E-state index contributed by atoms with van der Waals surface area (Å²) >= 11 is 0. The predicted molar refractivity (Wildman–Crippen MR) is 137 cm³/mol. The minimum absolute atomic E-state index is 0.257. The molecule has 0 spiro atoms. The molecule has 4 aromatic rings. The van der Waals surface area contributed by atoms with Gasteiger partial charge < -0.3 is 0 Å². The van der Waals surface area contributed by atoms with Gasteiger partial charge >= 0.3 is 0 Å². The summed E-state index contributed by atoms with van der Waals surface area (Å²) in [6.07, 6.45) is 10.0. The number of amides is 1. The summed E-state index contributed by atoms with van der Waals surface area (Å²) in [5, 5.41) is 5.20. The summed E-state index contributed by atoms with van der Waals surface area (Å²) < 4.78 is 0. The average Bonchev–Trinajstić information content (AvgIpc) is 2.92. The van der Waals surface area contributed by atoms with Crippen molar-refractivity contribution in [3.63, 3.8) is 0 Å². The van der Waals surface area contributed by atoms with Crippen LogP contribution in [-0.2, 0) is 0 Å². The molecule has 0 bridgehead atoms. The van der Waals surface area contributed by atoms with Crippen molar-refractivity contribution in [1.29, 1.82) is 0 Å². The number of nitrogens with zero attached hydrogens (tertiary/aromatic N) is 3. The van der Waals surface area contributed by atoms with Gasteiger partial charge in [-0.3, -0.25) is 9.78 Å². The third-order valence-electron chi connectivity index (χ3n) is 6.67. The number of hydrogen-bond donors (Lipinski definition) is 1. The highest BCUT2D eigenvalue weighted by Crippen LogP contribution is 2.32. The molecule has 1 fully saturated rings. The van der Waals surface area contributed by atoms with E-state index in [1.165, 1.54) is 37.7 Å². The third-order valence-corrected chi connectivity index (χ3v) is 6.67. The van der Waals surface area contributed by atoms with Gasteiger partial charge in [0.15, 0.2) is 0 Å². The summed E-state index contributed by atoms with van der Waals surface area (Å²) in [5.41, 5.74) is 8.89. The van der Waals surface area contributed by atoms with E-state index in [1.807, 2.05) is 49.4 Å². The van der Waals surface area contributed by atoms with Gasteiger partial charge in [0, 0.05) is 23.3 Å². The van der Waals surface area contributed by atoms with Crippen LogP contribution in [0.1, 0.15) is 66.4 Å². The molecule has 2 aromatic heterocycles. The van der Waals surface area contributed by atoms with E-state index in [0.717, 1.165) is 33.4 Å². The Bertz CT molecular complexity index is 1320. The van der Waals surface area contributed by atoms with Gasteiger partial charge in [0.1, 0.15) is 0 Å². The first kappa shape index (κ1) is 22.0. The number of carbonyl (C=O) groups is 1. The van der Waals surface area contributed by atoms with Gasteiger partial charge in [-0.15, -0.1) is 0 Å². The molecule has 1 saturated carbocycles. The zero-order valence-electron chi connectivity index (χ0n) is 19.4. The summed E-state index contributed by atoms with van der Waals surface area (Å²) in [4.78, 5) is 22.0. The number of hydrazone groups is 1. The first-order chi connectivity index (χ1) is 16.7. The van der Waals surface area contributed by atoms with Gasteiger partial charge in [-0.1, -0.05) is 61.7 Å². The van der Waals surface area contributed by atoms with Crippen LogP contribution in [0.3, 0.4) is 0 Å². The number of para-hydroxylation sites is 1. The molecule has 170 valence electrons. The number of fused-ring (bicyclic) bond motifs is 1. The highest BCUT2D eigenvalue weighted by Gasteiger charge is 2.16. The maximum absolute atomic E-state index is 13.2. The molecular weight excluding hydrogens is 420 g/mol. The van der Waals surface area contributed by atoms with E-state index in [0.29, 0.717) is 11.5 Å². The lowest BCUT2D eigenvalue weighted by atomic mass is 9.84.